The molecule has 1 saturated heterocycles. The zero-order valence-electron chi connectivity index (χ0n) is 17.4. The van der Waals surface area contributed by atoms with E-state index in [4.69, 9.17) is 9.97 Å². The Labute approximate surface area is 175 Å². The number of carbonyl (C=O) groups is 1. The second-order valence-corrected chi connectivity index (χ2v) is 8.16. The van der Waals surface area contributed by atoms with Crippen molar-refractivity contribution in [3.8, 4) is 0 Å². The number of para-hydroxylation sites is 1. The van der Waals surface area contributed by atoms with Crippen LogP contribution < -0.4 is 10.2 Å². The molecule has 4 heterocycles. The number of hydrogen-bond donors (Lipinski definition) is 1. The van der Waals surface area contributed by atoms with E-state index in [0.717, 1.165) is 42.0 Å². The Morgan fingerprint density at radius 2 is 1.93 bits per heavy atom. The van der Waals surface area contributed by atoms with Gasteiger partial charge in [0.15, 0.2) is 0 Å². The van der Waals surface area contributed by atoms with Gasteiger partial charge in [0.2, 0.25) is 5.95 Å². The van der Waals surface area contributed by atoms with Gasteiger partial charge in [0, 0.05) is 51.1 Å². The molecule has 8 heteroatoms. The van der Waals surface area contributed by atoms with Crippen LogP contribution >= 0.6 is 0 Å². The fraction of sp³-hybridized carbons (Fsp3) is 0.364. The van der Waals surface area contributed by atoms with Gasteiger partial charge < -0.3 is 15.1 Å². The lowest BCUT2D eigenvalue weighted by Gasteiger charge is -2.36. The normalized spacial score (nSPS) is 19.5. The van der Waals surface area contributed by atoms with Crippen molar-refractivity contribution < 1.29 is 4.79 Å². The molecule has 2 aliphatic heterocycles. The van der Waals surface area contributed by atoms with Gasteiger partial charge in [-0.1, -0.05) is 18.2 Å². The summed E-state index contributed by atoms with van der Waals surface area (Å²) in [5.41, 5.74) is 3.51. The second-order valence-electron chi connectivity index (χ2n) is 8.16. The van der Waals surface area contributed by atoms with E-state index in [1.165, 1.54) is 0 Å². The van der Waals surface area contributed by atoms with Gasteiger partial charge in [-0.05, 0) is 31.0 Å². The van der Waals surface area contributed by atoms with Crippen LogP contribution in [0.5, 0.6) is 0 Å². The van der Waals surface area contributed by atoms with Crippen molar-refractivity contribution in [3.05, 3.63) is 59.5 Å². The van der Waals surface area contributed by atoms with Crippen LogP contribution in [0, 0.1) is 0 Å². The fourth-order valence-electron chi connectivity index (χ4n) is 4.52. The molecule has 154 valence electrons. The van der Waals surface area contributed by atoms with Crippen LogP contribution in [0.1, 0.15) is 40.6 Å². The van der Waals surface area contributed by atoms with Gasteiger partial charge in [0.05, 0.1) is 11.7 Å². The molecule has 5 rings (SSSR count). The average Bonchev–Trinajstić information content (AvgIpc) is 3.30. The zero-order valence-corrected chi connectivity index (χ0v) is 17.4. The molecule has 1 fully saturated rings. The van der Waals surface area contributed by atoms with Crippen molar-refractivity contribution in [3.63, 3.8) is 0 Å². The number of nitrogens with zero attached hydrogens (tertiary/aromatic N) is 6. The van der Waals surface area contributed by atoms with Crippen molar-refractivity contribution in [2.75, 3.05) is 24.3 Å². The zero-order chi connectivity index (χ0) is 20.8. The number of amides is 1. The summed E-state index contributed by atoms with van der Waals surface area (Å²) >= 11 is 0. The van der Waals surface area contributed by atoms with Gasteiger partial charge in [-0.2, -0.15) is 10.1 Å². The van der Waals surface area contributed by atoms with Gasteiger partial charge in [-0.3, -0.25) is 9.48 Å². The Balaban J connectivity index is 1.58. The minimum absolute atomic E-state index is 0.0175. The van der Waals surface area contributed by atoms with E-state index in [9.17, 15) is 4.79 Å². The highest BCUT2D eigenvalue weighted by Crippen LogP contribution is 2.47. The smallest absolute Gasteiger partial charge is 0.275 e. The average molecular weight is 403 g/mol. The maximum Gasteiger partial charge on any atom is 0.275 e. The molecule has 1 amide bonds. The van der Waals surface area contributed by atoms with Crippen LogP contribution in [0.3, 0.4) is 0 Å². The molecule has 2 atom stereocenters. The number of nitrogens with one attached hydrogen (secondary N) is 1. The molecule has 0 saturated carbocycles. The summed E-state index contributed by atoms with van der Waals surface area (Å²) in [5.74, 6) is 1.44. The molecule has 2 aliphatic rings. The number of benzene rings is 1. The molecule has 30 heavy (non-hydrogen) atoms. The molecule has 2 bridgehead atoms. The van der Waals surface area contributed by atoms with E-state index in [2.05, 4.69) is 10.4 Å². The van der Waals surface area contributed by atoms with E-state index in [0.29, 0.717) is 11.6 Å². The largest absolute Gasteiger partial charge is 0.347 e. The number of fused-ring (bicyclic) bond motifs is 4. The molecular formula is C22H25N7O. The molecule has 8 nitrogen and oxygen atoms in total. The Morgan fingerprint density at radius 1 is 1.13 bits per heavy atom. The Bertz CT molecular complexity index is 1090. The van der Waals surface area contributed by atoms with Crippen molar-refractivity contribution >= 4 is 23.4 Å². The van der Waals surface area contributed by atoms with Crippen LogP contribution in [0.15, 0.2) is 42.6 Å². The first kappa shape index (κ1) is 18.6. The van der Waals surface area contributed by atoms with Gasteiger partial charge in [-0.15, -0.1) is 0 Å². The first-order valence-corrected chi connectivity index (χ1v) is 10.2. The maximum absolute atomic E-state index is 13.3. The second kappa shape index (κ2) is 7.12. The van der Waals surface area contributed by atoms with Gasteiger partial charge >= 0.3 is 0 Å². The minimum atomic E-state index is -0.0457. The van der Waals surface area contributed by atoms with Crippen LogP contribution in [-0.4, -0.2) is 50.7 Å². The van der Waals surface area contributed by atoms with Gasteiger partial charge in [0.1, 0.15) is 11.5 Å². The van der Waals surface area contributed by atoms with Crippen LogP contribution in [0.2, 0.25) is 0 Å². The Hall–Kier alpha value is -3.42. The summed E-state index contributed by atoms with van der Waals surface area (Å²) < 4.78 is 1.67. The molecule has 0 spiro atoms. The summed E-state index contributed by atoms with van der Waals surface area (Å²) in [6, 6.07) is 11.9. The molecule has 0 unspecified atom stereocenters. The number of carbonyl (C=O) groups excluding carboxylic acids is 1. The third-order valence-electron chi connectivity index (χ3n) is 5.88. The van der Waals surface area contributed by atoms with Crippen molar-refractivity contribution in [1.82, 2.24) is 24.6 Å². The van der Waals surface area contributed by atoms with Crippen LogP contribution in [-0.2, 0) is 13.5 Å². The number of hydrogen-bond acceptors (Lipinski definition) is 6. The summed E-state index contributed by atoms with van der Waals surface area (Å²) in [7, 11) is 5.72. The predicted molar refractivity (Wildman–Crippen MR) is 115 cm³/mol. The van der Waals surface area contributed by atoms with E-state index in [1.807, 2.05) is 67.5 Å². The lowest BCUT2D eigenvalue weighted by molar-refractivity contribution is 0.0638. The third kappa shape index (κ3) is 3.08. The predicted octanol–water partition coefficient (Wildman–Crippen LogP) is 2.92. The molecule has 1 N–H and O–H groups in total. The molecule has 2 aromatic heterocycles. The lowest BCUT2D eigenvalue weighted by Crippen LogP contribution is -2.43. The van der Waals surface area contributed by atoms with E-state index >= 15 is 0 Å². The lowest BCUT2D eigenvalue weighted by atomic mass is 9.97. The van der Waals surface area contributed by atoms with E-state index < -0.39 is 0 Å². The van der Waals surface area contributed by atoms with Gasteiger partial charge in [0.25, 0.3) is 5.91 Å². The van der Waals surface area contributed by atoms with Crippen molar-refractivity contribution in [2.45, 2.75) is 31.3 Å². The number of aromatic nitrogens is 4. The molecular weight excluding hydrogens is 378 g/mol. The molecule has 0 radical (unpaired) electrons. The third-order valence-corrected chi connectivity index (χ3v) is 5.88. The monoisotopic (exact) mass is 403 g/mol. The summed E-state index contributed by atoms with van der Waals surface area (Å²) in [6.07, 6.45) is 4.41. The fourth-order valence-corrected chi connectivity index (χ4v) is 4.52. The van der Waals surface area contributed by atoms with Crippen molar-refractivity contribution in [2.24, 2.45) is 7.05 Å². The Kier molecular flexibility index (Phi) is 4.42. The highest BCUT2D eigenvalue weighted by Gasteiger charge is 2.45. The van der Waals surface area contributed by atoms with Crippen LogP contribution in [0.25, 0.3) is 0 Å². The minimum Gasteiger partial charge on any atom is -0.347 e. The molecule has 1 aromatic carbocycles. The van der Waals surface area contributed by atoms with Crippen LogP contribution in [0.4, 0.5) is 17.5 Å². The molecule has 0 aliphatic carbocycles. The quantitative estimate of drug-likeness (QED) is 0.722. The highest BCUT2D eigenvalue weighted by molar-refractivity contribution is 5.93. The Morgan fingerprint density at radius 3 is 2.63 bits per heavy atom. The number of aryl methyl sites for hydroxylation is 1. The maximum atomic E-state index is 13.3. The number of anilines is 3. The summed E-state index contributed by atoms with van der Waals surface area (Å²) in [4.78, 5) is 26.9. The topological polar surface area (TPSA) is 79.2 Å². The first-order chi connectivity index (χ1) is 14.5. The van der Waals surface area contributed by atoms with E-state index in [1.54, 1.807) is 10.7 Å². The highest BCUT2D eigenvalue weighted by atomic mass is 16.2. The van der Waals surface area contributed by atoms with Gasteiger partial charge in [-0.25, -0.2) is 4.98 Å². The van der Waals surface area contributed by atoms with E-state index in [-0.39, 0.29) is 18.0 Å². The standard InChI is InChI=1S/C22H25N7O/c1-27(2)22-24-17-13-15-9-10-18(29(15)21(30)16-11-12-28(3)26-16)19(17)20(25-22)23-14-7-5-4-6-8-14/h4-8,11-12,15,18H,9-10,13H2,1-3H3,(H,23,24,25)/t15-,18+/m1/s1. The first-order valence-electron chi connectivity index (χ1n) is 10.2. The summed E-state index contributed by atoms with van der Waals surface area (Å²) in [6.45, 7) is 0. The number of rotatable bonds is 4. The summed E-state index contributed by atoms with van der Waals surface area (Å²) in [5, 5.41) is 7.82. The van der Waals surface area contributed by atoms with Crippen molar-refractivity contribution in [1.29, 1.82) is 0 Å². The SMILES string of the molecule is CN(C)c1nc2c(c(Nc3ccccc3)n1)[C@@H]1CC[C@H](C2)N1C(=O)c1ccn(C)n1. The molecule has 3 aromatic rings.